The molecule has 1 heterocycles. The van der Waals surface area contributed by atoms with Crippen LogP contribution in [0.3, 0.4) is 0 Å². The minimum absolute atomic E-state index is 0.128. The molecule has 1 aromatic carbocycles. The van der Waals surface area contributed by atoms with Crippen LogP contribution in [-0.2, 0) is 4.74 Å². The lowest BCUT2D eigenvalue weighted by molar-refractivity contribution is -0.00518. The van der Waals surface area contributed by atoms with Crippen LogP contribution >= 0.6 is 0 Å². The molecule has 0 aliphatic carbocycles. The summed E-state index contributed by atoms with van der Waals surface area (Å²) in [7, 11) is 0. The van der Waals surface area contributed by atoms with Crippen LogP contribution in [0, 0.1) is 5.82 Å². The lowest BCUT2D eigenvalue weighted by atomic mass is 10.1. The highest BCUT2D eigenvalue weighted by Crippen LogP contribution is 2.32. The van der Waals surface area contributed by atoms with Gasteiger partial charge in [-0.05, 0) is 20.3 Å². The molecule has 2 unspecified atom stereocenters. The highest BCUT2D eigenvalue weighted by Gasteiger charge is 2.24. The molecular formula is C15H23FN2O2. The van der Waals surface area contributed by atoms with Crippen LogP contribution in [0.1, 0.15) is 27.2 Å². The molecule has 0 radical (unpaired) electrons. The van der Waals surface area contributed by atoms with Gasteiger partial charge < -0.3 is 20.1 Å². The Bertz CT molecular complexity index is 457. The molecule has 1 saturated heterocycles. The molecule has 0 spiro atoms. The van der Waals surface area contributed by atoms with Gasteiger partial charge in [-0.2, -0.15) is 0 Å². The number of rotatable bonds is 4. The molecule has 1 aliphatic rings. The first-order chi connectivity index (χ1) is 9.51. The fourth-order valence-electron chi connectivity index (χ4n) is 2.53. The van der Waals surface area contributed by atoms with Crippen molar-refractivity contribution >= 4 is 11.4 Å². The smallest absolute Gasteiger partial charge is 0.167 e. The molecule has 0 amide bonds. The van der Waals surface area contributed by atoms with E-state index in [9.17, 15) is 4.39 Å². The van der Waals surface area contributed by atoms with Crippen molar-refractivity contribution in [2.75, 3.05) is 30.3 Å². The molecule has 2 N–H and O–H groups in total. The van der Waals surface area contributed by atoms with Gasteiger partial charge in [-0.3, -0.25) is 0 Å². The Kier molecular flexibility index (Phi) is 4.70. The van der Waals surface area contributed by atoms with Crippen molar-refractivity contribution in [3.05, 3.63) is 17.9 Å². The summed E-state index contributed by atoms with van der Waals surface area (Å²) < 4.78 is 25.0. The molecule has 5 heteroatoms. The molecule has 1 aliphatic heterocycles. The van der Waals surface area contributed by atoms with Gasteiger partial charge in [0.2, 0.25) is 0 Å². The Balaban J connectivity index is 2.25. The molecule has 20 heavy (non-hydrogen) atoms. The van der Waals surface area contributed by atoms with E-state index in [0.29, 0.717) is 12.3 Å². The number of nitrogens with zero attached hydrogens (tertiary/aromatic N) is 1. The lowest BCUT2D eigenvalue weighted by Crippen LogP contribution is -2.45. The van der Waals surface area contributed by atoms with Crippen LogP contribution in [0.5, 0.6) is 5.75 Å². The Hall–Kier alpha value is -1.49. The van der Waals surface area contributed by atoms with Crippen molar-refractivity contribution in [1.82, 2.24) is 0 Å². The second-order valence-corrected chi connectivity index (χ2v) is 5.35. The first-order valence-corrected chi connectivity index (χ1v) is 7.13. The SMILES string of the molecule is CCCOc1cc(N2CC(C)OC(C)C2)c(N)cc1F. The van der Waals surface area contributed by atoms with Crippen LogP contribution in [0.2, 0.25) is 0 Å². The van der Waals surface area contributed by atoms with E-state index in [0.717, 1.165) is 25.2 Å². The first kappa shape index (κ1) is 14.9. The van der Waals surface area contributed by atoms with Gasteiger partial charge in [0.1, 0.15) is 0 Å². The number of hydrogen-bond donors (Lipinski definition) is 1. The molecule has 0 saturated carbocycles. The summed E-state index contributed by atoms with van der Waals surface area (Å²) in [6.45, 7) is 8.02. The quantitative estimate of drug-likeness (QED) is 0.863. The average Bonchev–Trinajstić information content (AvgIpc) is 2.36. The predicted octanol–water partition coefficient (Wildman–Crippen LogP) is 2.81. The standard InChI is InChI=1S/C15H23FN2O2/c1-4-5-19-15-7-14(13(17)6-12(15)16)18-8-10(2)20-11(3)9-18/h6-7,10-11H,4-5,8-9,17H2,1-3H3. The number of anilines is 2. The summed E-state index contributed by atoms with van der Waals surface area (Å²) in [5.74, 6) is -0.142. The normalized spacial score (nSPS) is 22.9. The maximum Gasteiger partial charge on any atom is 0.167 e. The molecule has 0 bridgehead atoms. The van der Waals surface area contributed by atoms with Crippen molar-refractivity contribution in [3.63, 3.8) is 0 Å². The van der Waals surface area contributed by atoms with Gasteiger partial charge in [0.25, 0.3) is 0 Å². The summed E-state index contributed by atoms with van der Waals surface area (Å²) in [5.41, 5.74) is 7.22. The van der Waals surface area contributed by atoms with Crippen molar-refractivity contribution in [2.45, 2.75) is 39.4 Å². The average molecular weight is 282 g/mol. The van der Waals surface area contributed by atoms with Crippen LogP contribution in [0.25, 0.3) is 0 Å². The summed E-state index contributed by atoms with van der Waals surface area (Å²) in [5, 5.41) is 0. The Morgan fingerprint density at radius 3 is 2.60 bits per heavy atom. The van der Waals surface area contributed by atoms with Crippen molar-refractivity contribution < 1.29 is 13.9 Å². The fraction of sp³-hybridized carbons (Fsp3) is 0.600. The Morgan fingerprint density at radius 2 is 2.00 bits per heavy atom. The third kappa shape index (κ3) is 3.33. The molecule has 112 valence electrons. The number of nitrogens with two attached hydrogens (primary N) is 1. The van der Waals surface area contributed by atoms with Crippen LogP contribution in [0.4, 0.5) is 15.8 Å². The van der Waals surface area contributed by atoms with Crippen molar-refractivity contribution in [2.24, 2.45) is 0 Å². The third-order valence-electron chi connectivity index (χ3n) is 3.30. The highest BCUT2D eigenvalue weighted by atomic mass is 19.1. The fourth-order valence-corrected chi connectivity index (χ4v) is 2.53. The van der Waals surface area contributed by atoms with Gasteiger partial charge in [-0.25, -0.2) is 4.39 Å². The molecule has 2 rings (SSSR count). The number of halogens is 1. The van der Waals surface area contributed by atoms with Gasteiger partial charge in [0, 0.05) is 25.2 Å². The monoisotopic (exact) mass is 282 g/mol. The van der Waals surface area contributed by atoms with E-state index < -0.39 is 5.82 Å². The number of benzene rings is 1. The number of ether oxygens (including phenoxy) is 2. The largest absolute Gasteiger partial charge is 0.490 e. The minimum atomic E-state index is -0.408. The maximum atomic E-state index is 13.8. The molecule has 1 aromatic rings. The van der Waals surface area contributed by atoms with E-state index in [4.69, 9.17) is 15.2 Å². The number of nitrogen functional groups attached to an aromatic ring is 1. The van der Waals surface area contributed by atoms with Gasteiger partial charge in [0.15, 0.2) is 11.6 Å². The van der Waals surface area contributed by atoms with Crippen LogP contribution in [-0.4, -0.2) is 31.9 Å². The predicted molar refractivity (Wildman–Crippen MR) is 78.8 cm³/mol. The van der Waals surface area contributed by atoms with Gasteiger partial charge in [-0.1, -0.05) is 6.92 Å². The molecule has 0 aromatic heterocycles. The minimum Gasteiger partial charge on any atom is -0.490 e. The van der Waals surface area contributed by atoms with Gasteiger partial charge >= 0.3 is 0 Å². The van der Waals surface area contributed by atoms with E-state index in [-0.39, 0.29) is 18.0 Å². The number of morpholine rings is 1. The Labute approximate surface area is 119 Å². The molecular weight excluding hydrogens is 259 g/mol. The van der Waals surface area contributed by atoms with Crippen molar-refractivity contribution in [1.29, 1.82) is 0 Å². The summed E-state index contributed by atoms with van der Waals surface area (Å²) >= 11 is 0. The topological polar surface area (TPSA) is 47.7 Å². The van der Waals surface area contributed by atoms with Gasteiger partial charge in [-0.15, -0.1) is 0 Å². The maximum absolute atomic E-state index is 13.8. The molecule has 2 atom stereocenters. The first-order valence-electron chi connectivity index (χ1n) is 7.13. The molecule has 4 nitrogen and oxygen atoms in total. The van der Waals surface area contributed by atoms with E-state index in [1.54, 1.807) is 6.07 Å². The van der Waals surface area contributed by atoms with Gasteiger partial charge in [0.05, 0.1) is 30.2 Å². The zero-order chi connectivity index (χ0) is 14.7. The molecule has 1 fully saturated rings. The van der Waals surface area contributed by atoms with E-state index in [1.165, 1.54) is 6.07 Å². The zero-order valence-electron chi connectivity index (χ0n) is 12.4. The summed E-state index contributed by atoms with van der Waals surface area (Å²) in [4.78, 5) is 2.13. The van der Waals surface area contributed by atoms with E-state index in [2.05, 4.69) is 4.90 Å². The second-order valence-electron chi connectivity index (χ2n) is 5.35. The Morgan fingerprint density at radius 1 is 1.35 bits per heavy atom. The lowest BCUT2D eigenvalue weighted by Gasteiger charge is -2.37. The summed E-state index contributed by atoms with van der Waals surface area (Å²) in [6.07, 6.45) is 1.09. The highest BCUT2D eigenvalue weighted by molar-refractivity contribution is 5.70. The van der Waals surface area contributed by atoms with Crippen LogP contribution < -0.4 is 15.4 Å². The van der Waals surface area contributed by atoms with E-state index >= 15 is 0 Å². The van der Waals surface area contributed by atoms with E-state index in [1.807, 2.05) is 20.8 Å². The second kappa shape index (κ2) is 6.31. The summed E-state index contributed by atoms with van der Waals surface area (Å²) in [6, 6.07) is 3.04. The van der Waals surface area contributed by atoms with Crippen molar-refractivity contribution in [3.8, 4) is 5.75 Å². The van der Waals surface area contributed by atoms with Crippen LogP contribution in [0.15, 0.2) is 12.1 Å². The zero-order valence-corrected chi connectivity index (χ0v) is 12.4. The number of hydrogen-bond acceptors (Lipinski definition) is 4. The third-order valence-corrected chi connectivity index (χ3v) is 3.30.